The highest BCUT2D eigenvalue weighted by Crippen LogP contribution is 2.15. The van der Waals surface area contributed by atoms with Crippen LogP contribution in [0.15, 0.2) is 95.2 Å². The van der Waals surface area contributed by atoms with Crippen LogP contribution in [-0.4, -0.2) is 25.9 Å². The van der Waals surface area contributed by atoms with Crippen LogP contribution >= 0.6 is 0 Å². The highest BCUT2D eigenvalue weighted by molar-refractivity contribution is 7.90. The Morgan fingerprint density at radius 1 is 0.655 bits per heavy atom. The van der Waals surface area contributed by atoms with Gasteiger partial charge in [-0.1, -0.05) is 60.7 Å². The topological polar surface area (TPSA) is 118 Å². The summed E-state index contributed by atoms with van der Waals surface area (Å²) < 4.78 is 69.5. The van der Waals surface area contributed by atoms with E-state index in [9.17, 15) is 25.9 Å². The molecular weight excluding hydrogens is 416 g/mol. The summed E-state index contributed by atoms with van der Waals surface area (Å²) in [6, 6.07) is 16.9. The number of hydrogen-bond acceptors (Lipinski definition) is 5. The summed E-state index contributed by atoms with van der Waals surface area (Å²) in [7, 11) is -9.02. The molecule has 2 aromatic rings. The Morgan fingerprint density at radius 3 is 1.31 bits per heavy atom. The van der Waals surface area contributed by atoms with Gasteiger partial charge >= 0.3 is 0 Å². The van der Waals surface area contributed by atoms with Gasteiger partial charge in [0.25, 0.3) is 20.2 Å². The zero-order valence-corrected chi connectivity index (χ0v) is 16.6. The van der Waals surface area contributed by atoms with E-state index < -0.39 is 30.0 Å². The van der Waals surface area contributed by atoms with Gasteiger partial charge in [-0.3, -0.25) is 9.11 Å². The molecule has 0 amide bonds. The Balaban J connectivity index is 2.18. The lowest BCUT2D eigenvalue weighted by Crippen LogP contribution is -2.00. The van der Waals surface area contributed by atoms with Gasteiger partial charge in [0.15, 0.2) is 0 Å². The van der Waals surface area contributed by atoms with Gasteiger partial charge in [-0.25, -0.2) is 0 Å². The summed E-state index contributed by atoms with van der Waals surface area (Å²) >= 11 is 0. The van der Waals surface area contributed by atoms with E-state index in [0.717, 1.165) is 24.7 Å². The lowest BCUT2D eigenvalue weighted by Gasteiger charge is -2.00. The largest absolute Gasteiger partial charge is 0.473 e. The maximum Gasteiger partial charge on any atom is 0.294 e. The number of benzene rings is 2. The van der Waals surface area contributed by atoms with E-state index in [1.807, 2.05) is 0 Å². The van der Waals surface area contributed by atoms with Crippen LogP contribution in [-0.2, 0) is 25.0 Å². The van der Waals surface area contributed by atoms with Crippen LogP contribution in [0.1, 0.15) is 11.1 Å². The van der Waals surface area contributed by atoms with Gasteiger partial charge in [0.05, 0.1) is 22.3 Å². The van der Waals surface area contributed by atoms with Crippen molar-refractivity contribution in [3.8, 4) is 0 Å². The minimum absolute atomic E-state index is 0.424. The first-order chi connectivity index (χ1) is 13.7. The van der Waals surface area contributed by atoms with Gasteiger partial charge in [-0.2, -0.15) is 16.8 Å². The lowest BCUT2D eigenvalue weighted by atomic mass is 10.2. The first kappa shape index (κ1) is 22.3. The fourth-order valence-electron chi connectivity index (χ4n) is 2.10. The summed E-state index contributed by atoms with van der Waals surface area (Å²) in [4.78, 5) is -0.848. The fourth-order valence-corrected chi connectivity index (χ4v) is 3.13. The summed E-state index contributed by atoms with van der Waals surface area (Å²) in [5.74, 6) is 0. The third-order valence-electron chi connectivity index (χ3n) is 3.43. The minimum Gasteiger partial charge on any atom is -0.473 e. The van der Waals surface area contributed by atoms with Crippen molar-refractivity contribution in [2.45, 2.75) is 0 Å². The maximum atomic E-state index is 11.5. The SMILES string of the molecule is O=S(=O)(O)C(C=COC=CC(=Cc1ccccc1)S(=O)(=O)O)=Cc1ccccc1. The van der Waals surface area contributed by atoms with Crippen molar-refractivity contribution < 1.29 is 30.7 Å². The number of rotatable bonds is 8. The zero-order valence-electron chi connectivity index (χ0n) is 15.0. The molecule has 9 heteroatoms. The number of allylic oxidation sites excluding steroid dienone is 2. The molecule has 2 N–H and O–H groups in total. The number of ether oxygens (including phenoxy) is 1. The van der Waals surface area contributed by atoms with Crippen molar-refractivity contribution in [1.29, 1.82) is 0 Å². The summed E-state index contributed by atoms with van der Waals surface area (Å²) in [6.07, 6.45) is 6.36. The third kappa shape index (κ3) is 7.88. The van der Waals surface area contributed by atoms with E-state index >= 15 is 0 Å². The Morgan fingerprint density at radius 2 is 1.00 bits per heavy atom. The van der Waals surface area contributed by atoms with Gasteiger partial charge < -0.3 is 4.74 Å². The molecule has 0 radical (unpaired) electrons. The Hall–Kier alpha value is -2.98. The zero-order chi connectivity index (χ0) is 21.3. The van der Waals surface area contributed by atoms with Crippen molar-refractivity contribution >= 4 is 32.4 Å². The monoisotopic (exact) mass is 434 g/mol. The van der Waals surface area contributed by atoms with Crippen LogP contribution < -0.4 is 0 Å². The van der Waals surface area contributed by atoms with Crippen molar-refractivity contribution in [3.05, 3.63) is 106 Å². The van der Waals surface area contributed by atoms with Crippen LogP contribution in [0.5, 0.6) is 0 Å². The summed E-state index contributed by atoms with van der Waals surface area (Å²) in [5.41, 5.74) is 1.08. The van der Waals surface area contributed by atoms with E-state index in [1.165, 1.54) is 12.2 Å². The predicted molar refractivity (Wildman–Crippen MR) is 111 cm³/mol. The van der Waals surface area contributed by atoms with Crippen molar-refractivity contribution in [1.82, 2.24) is 0 Å². The van der Waals surface area contributed by atoms with Crippen LogP contribution in [0, 0.1) is 0 Å². The molecule has 0 saturated heterocycles. The predicted octanol–water partition coefficient (Wildman–Crippen LogP) is 3.89. The molecular formula is C20H18O7S2. The van der Waals surface area contributed by atoms with E-state index in [-0.39, 0.29) is 0 Å². The van der Waals surface area contributed by atoms with E-state index in [2.05, 4.69) is 0 Å². The van der Waals surface area contributed by atoms with E-state index in [0.29, 0.717) is 11.1 Å². The molecule has 0 unspecified atom stereocenters. The standard InChI is InChI=1S/C20H18O7S2/c21-28(22,23)19(15-17-7-3-1-4-8-17)11-13-27-14-12-20(29(24,25)26)16-18-9-5-2-6-10-18/h1-16H,(H,21,22,23)(H,24,25,26). The highest BCUT2D eigenvalue weighted by atomic mass is 32.2. The molecule has 0 aromatic heterocycles. The van der Waals surface area contributed by atoms with Crippen LogP contribution in [0.3, 0.4) is 0 Å². The van der Waals surface area contributed by atoms with Gasteiger partial charge in [0, 0.05) is 0 Å². The Labute approximate surface area is 169 Å². The van der Waals surface area contributed by atoms with Gasteiger partial charge in [-0.05, 0) is 35.4 Å². The molecule has 7 nitrogen and oxygen atoms in total. The van der Waals surface area contributed by atoms with Crippen LogP contribution in [0.4, 0.5) is 0 Å². The molecule has 0 fully saturated rings. The molecule has 152 valence electrons. The summed E-state index contributed by atoms with van der Waals surface area (Å²) in [6.45, 7) is 0. The van der Waals surface area contributed by atoms with Crippen molar-refractivity contribution in [2.24, 2.45) is 0 Å². The first-order valence-electron chi connectivity index (χ1n) is 8.13. The molecule has 0 aliphatic rings. The molecule has 0 atom stereocenters. The molecule has 0 heterocycles. The molecule has 29 heavy (non-hydrogen) atoms. The van der Waals surface area contributed by atoms with E-state index in [1.54, 1.807) is 60.7 Å². The van der Waals surface area contributed by atoms with Crippen molar-refractivity contribution in [2.75, 3.05) is 0 Å². The van der Waals surface area contributed by atoms with Gasteiger partial charge in [0.2, 0.25) is 0 Å². The second-order valence-electron chi connectivity index (χ2n) is 5.61. The second kappa shape index (κ2) is 9.99. The first-order valence-corrected chi connectivity index (χ1v) is 11.0. The van der Waals surface area contributed by atoms with E-state index in [4.69, 9.17) is 4.74 Å². The quantitative estimate of drug-likeness (QED) is 0.368. The smallest absolute Gasteiger partial charge is 0.294 e. The normalized spacial score (nSPS) is 13.9. The lowest BCUT2D eigenvalue weighted by molar-refractivity contribution is 0.402. The molecule has 2 aromatic carbocycles. The Kier molecular flexibility index (Phi) is 7.68. The van der Waals surface area contributed by atoms with Crippen LogP contribution in [0.2, 0.25) is 0 Å². The molecule has 2 rings (SSSR count). The molecule has 0 spiro atoms. The third-order valence-corrected chi connectivity index (χ3v) is 5.13. The molecule has 0 aliphatic carbocycles. The fraction of sp³-hybridized carbons (Fsp3) is 0. The molecule has 0 saturated carbocycles. The van der Waals surface area contributed by atoms with Crippen LogP contribution in [0.25, 0.3) is 12.2 Å². The highest BCUT2D eigenvalue weighted by Gasteiger charge is 2.11. The van der Waals surface area contributed by atoms with Gasteiger partial charge in [-0.15, -0.1) is 0 Å². The molecule has 0 aliphatic heterocycles. The average Bonchev–Trinajstić information content (AvgIpc) is 2.66. The van der Waals surface area contributed by atoms with Gasteiger partial charge in [0.1, 0.15) is 0 Å². The van der Waals surface area contributed by atoms with Crippen molar-refractivity contribution in [3.63, 3.8) is 0 Å². The maximum absolute atomic E-state index is 11.5. The Bertz CT molecular complexity index is 1050. The second-order valence-corrected chi connectivity index (χ2v) is 8.45. The molecule has 0 bridgehead atoms. The summed E-state index contributed by atoms with van der Waals surface area (Å²) in [5, 5.41) is 0. The minimum atomic E-state index is -4.51. The number of hydrogen-bond donors (Lipinski definition) is 2. The average molecular weight is 434 g/mol.